The highest BCUT2D eigenvalue weighted by molar-refractivity contribution is 5.94. The predicted molar refractivity (Wildman–Crippen MR) is 71.7 cm³/mol. The van der Waals surface area contributed by atoms with E-state index in [0.29, 0.717) is 5.56 Å². The van der Waals surface area contributed by atoms with Crippen molar-refractivity contribution in [2.45, 2.75) is 26.2 Å². The summed E-state index contributed by atoms with van der Waals surface area (Å²) in [7, 11) is 1.59. The van der Waals surface area contributed by atoms with E-state index in [2.05, 4.69) is 5.32 Å². The molecule has 1 amide bonds. The Kier molecular flexibility index (Phi) is 5.36. The van der Waals surface area contributed by atoms with Crippen molar-refractivity contribution in [2.24, 2.45) is 0 Å². The van der Waals surface area contributed by atoms with Gasteiger partial charge < -0.3 is 15.2 Å². The van der Waals surface area contributed by atoms with Crippen LogP contribution in [-0.2, 0) is 4.79 Å². The minimum Gasteiger partial charge on any atom is -0.496 e. The molecule has 0 unspecified atom stereocenters. The van der Waals surface area contributed by atoms with E-state index in [-0.39, 0.29) is 24.8 Å². The fourth-order valence-electron chi connectivity index (χ4n) is 1.71. The maximum Gasteiger partial charge on any atom is 0.305 e. The highest BCUT2D eigenvalue weighted by Crippen LogP contribution is 2.27. The number of methoxy groups -OCH3 is 1. The number of ether oxygens (including phenoxy) is 1. The summed E-state index contributed by atoms with van der Waals surface area (Å²) in [5.74, 6) is -0.220. The molecule has 0 fully saturated rings. The highest BCUT2D eigenvalue weighted by Gasteiger charge is 2.12. The van der Waals surface area contributed by atoms with Gasteiger partial charge in [-0.05, 0) is 29.7 Å². The van der Waals surface area contributed by atoms with Gasteiger partial charge in [0.25, 0.3) is 5.91 Å². The smallest absolute Gasteiger partial charge is 0.305 e. The first-order valence-corrected chi connectivity index (χ1v) is 6.13. The third-order valence-corrected chi connectivity index (χ3v) is 2.74. The van der Waals surface area contributed by atoms with Crippen LogP contribution >= 0.6 is 0 Å². The topological polar surface area (TPSA) is 75.6 Å². The van der Waals surface area contributed by atoms with Crippen molar-refractivity contribution in [1.29, 1.82) is 0 Å². The molecule has 0 bridgehead atoms. The van der Waals surface area contributed by atoms with Crippen molar-refractivity contribution in [2.75, 3.05) is 13.7 Å². The fraction of sp³-hybridized carbons (Fsp3) is 0.429. The van der Waals surface area contributed by atoms with Crippen molar-refractivity contribution >= 4 is 11.9 Å². The van der Waals surface area contributed by atoms with Crippen LogP contribution in [0, 0.1) is 0 Å². The molecule has 104 valence electrons. The first-order chi connectivity index (χ1) is 8.95. The minimum atomic E-state index is -0.932. The van der Waals surface area contributed by atoms with Gasteiger partial charge in [-0.15, -0.1) is 0 Å². The molecule has 0 aliphatic carbocycles. The Morgan fingerprint density at radius 1 is 1.37 bits per heavy atom. The first-order valence-electron chi connectivity index (χ1n) is 6.13. The third kappa shape index (κ3) is 4.28. The van der Waals surface area contributed by atoms with Crippen LogP contribution < -0.4 is 10.1 Å². The number of carboxylic acids is 1. The first kappa shape index (κ1) is 15.0. The number of carboxylic acid groups (broad SMARTS) is 1. The Labute approximate surface area is 112 Å². The summed E-state index contributed by atoms with van der Waals surface area (Å²) in [6.45, 7) is 4.16. The Hall–Kier alpha value is -2.04. The summed E-state index contributed by atoms with van der Waals surface area (Å²) in [6.07, 6.45) is -0.0844. The van der Waals surface area contributed by atoms with Crippen LogP contribution in [0.5, 0.6) is 5.75 Å². The van der Waals surface area contributed by atoms with Crippen LogP contribution in [0.25, 0.3) is 0 Å². The molecule has 0 saturated carbocycles. The summed E-state index contributed by atoms with van der Waals surface area (Å²) < 4.78 is 5.24. The Morgan fingerprint density at radius 3 is 2.58 bits per heavy atom. The zero-order chi connectivity index (χ0) is 14.4. The molecule has 1 aromatic rings. The van der Waals surface area contributed by atoms with Gasteiger partial charge in [-0.2, -0.15) is 0 Å². The predicted octanol–water partition coefficient (Wildman–Crippen LogP) is 2.02. The van der Waals surface area contributed by atoms with E-state index in [9.17, 15) is 9.59 Å². The maximum absolute atomic E-state index is 11.9. The molecule has 0 aliphatic rings. The van der Waals surface area contributed by atoms with E-state index in [0.717, 1.165) is 11.3 Å². The summed E-state index contributed by atoms with van der Waals surface area (Å²) in [5.41, 5.74) is 1.46. The number of hydrogen-bond acceptors (Lipinski definition) is 3. The van der Waals surface area contributed by atoms with Crippen molar-refractivity contribution in [3.63, 3.8) is 0 Å². The van der Waals surface area contributed by atoms with Crippen LogP contribution in [0.2, 0.25) is 0 Å². The second-order valence-electron chi connectivity index (χ2n) is 4.51. The monoisotopic (exact) mass is 265 g/mol. The largest absolute Gasteiger partial charge is 0.496 e. The second-order valence-corrected chi connectivity index (χ2v) is 4.51. The van der Waals surface area contributed by atoms with Crippen molar-refractivity contribution in [3.8, 4) is 5.75 Å². The molecular weight excluding hydrogens is 246 g/mol. The lowest BCUT2D eigenvalue weighted by molar-refractivity contribution is -0.136. The molecular formula is C14H19NO4. The average molecular weight is 265 g/mol. The number of aliphatic carboxylic acids is 1. The lowest BCUT2D eigenvalue weighted by atomic mass is 9.99. The fourth-order valence-corrected chi connectivity index (χ4v) is 1.71. The Morgan fingerprint density at radius 2 is 2.05 bits per heavy atom. The molecule has 5 nitrogen and oxygen atoms in total. The van der Waals surface area contributed by atoms with Crippen LogP contribution in [0.3, 0.4) is 0 Å². The number of hydrogen-bond donors (Lipinski definition) is 2. The number of benzene rings is 1. The van der Waals surface area contributed by atoms with Gasteiger partial charge >= 0.3 is 5.97 Å². The maximum atomic E-state index is 11.9. The molecule has 2 N–H and O–H groups in total. The van der Waals surface area contributed by atoms with E-state index in [1.807, 2.05) is 13.8 Å². The quantitative estimate of drug-likeness (QED) is 0.825. The van der Waals surface area contributed by atoms with E-state index in [1.165, 1.54) is 0 Å². The summed E-state index contributed by atoms with van der Waals surface area (Å²) >= 11 is 0. The van der Waals surface area contributed by atoms with Crippen LogP contribution in [0.1, 0.15) is 42.1 Å². The van der Waals surface area contributed by atoms with Gasteiger partial charge in [-0.1, -0.05) is 13.8 Å². The standard InChI is InChI=1S/C14H19NO4/c1-9(2)11-8-10(4-5-12(11)19-3)14(18)15-7-6-13(16)17/h4-5,8-9H,6-7H2,1-3H3,(H,15,18)(H,16,17). The van der Waals surface area contributed by atoms with Gasteiger partial charge in [0.1, 0.15) is 5.75 Å². The third-order valence-electron chi connectivity index (χ3n) is 2.74. The summed E-state index contributed by atoms with van der Waals surface area (Å²) in [5, 5.41) is 11.1. The average Bonchev–Trinajstić information content (AvgIpc) is 2.37. The van der Waals surface area contributed by atoms with E-state index in [4.69, 9.17) is 9.84 Å². The van der Waals surface area contributed by atoms with E-state index in [1.54, 1.807) is 25.3 Å². The van der Waals surface area contributed by atoms with Gasteiger partial charge in [0, 0.05) is 12.1 Å². The highest BCUT2D eigenvalue weighted by atomic mass is 16.5. The molecule has 0 aliphatic heterocycles. The zero-order valence-electron chi connectivity index (χ0n) is 11.4. The van der Waals surface area contributed by atoms with Crippen molar-refractivity contribution in [3.05, 3.63) is 29.3 Å². The van der Waals surface area contributed by atoms with E-state index >= 15 is 0 Å². The van der Waals surface area contributed by atoms with Gasteiger partial charge in [0.2, 0.25) is 0 Å². The summed E-state index contributed by atoms with van der Waals surface area (Å²) in [4.78, 5) is 22.2. The van der Waals surface area contributed by atoms with Crippen LogP contribution in [-0.4, -0.2) is 30.6 Å². The molecule has 0 spiro atoms. The molecule has 0 aromatic heterocycles. The normalized spacial score (nSPS) is 10.3. The second kappa shape index (κ2) is 6.78. The van der Waals surface area contributed by atoms with E-state index < -0.39 is 5.97 Å². The molecule has 0 saturated heterocycles. The molecule has 19 heavy (non-hydrogen) atoms. The number of amides is 1. The number of rotatable bonds is 6. The molecule has 1 rings (SSSR count). The van der Waals surface area contributed by atoms with Gasteiger partial charge in [-0.25, -0.2) is 0 Å². The van der Waals surface area contributed by atoms with Gasteiger partial charge in [0.05, 0.1) is 13.5 Å². The van der Waals surface area contributed by atoms with Gasteiger partial charge in [0.15, 0.2) is 0 Å². The molecule has 1 aromatic carbocycles. The molecule has 5 heteroatoms. The minimum absolute atomic E-state index is 0.0844. The van der Waals surface area contributed by atoms with Gasteiger partial charge in [-0.3, -0.25) is 9.59 Å². The molecule has 0 atom stereocenters. The lowest BCUT2D eigenvalue weighted by Gasteiger charge is -2.13. The van der Waals surface area contributed by atoms with Crippen molar-refractivity contribution < 1.29 is 19.4 Å². The number of carbonyl (C=O) groups excluding carboxylic acids is 1. The Bertz CT molecular complexity index is 469. The lowest BCUT2D eigenvalue weighted by Crippen LogP contribution is -2.26. The Balaban J connectivity index is 2.80. The van der Waals surface area contributed by atoms with Crippen LogP contribution in [0.4, 0.5) is 0 Å². The van der Waals surface area contributed by atoms with Crippen molar-refractivity contribution in [1.82, 2.24) is 5.32 Å². The number of carbonyl (C=O) groups is 2. The number of nitrogens with one attached hydrogen (secondary N) is 1. The zero-order valence-corrected chi connectivity index (χ0v) is 11.4. The molecule has 0 radical (unpaired) electrons. The molecule has 0 heterocycles. The summed E-state index contributed by atoms with van der Waals surface area (Å²) in [6, 6.07) is 5.20. The van der Waals surface area contributed by atoms with Crippen LogP contribution in [0.15, 0.2) is 18.2 Å². The SMILES string of the molecule is COc1ccc(C(=O)NCCC(=O)O)cc1C(C)C.